The minimum Gasteiger partial charge on any atom is -0.311 e. The number of hydrogen-bond donors (Lipinski definition) is 1. The fraction of sp³-hybridized carbons (Fsp3) is 0.462. The Kier molecular flexibility index (Phi) is 5.25. The number of rotatable bonds is 6. The fourth-order valence-electron chi connectivity index (χ4n) is 2.09. The van der Waals surface area contributed by atoms with Crippen LogP contribution in [0.25, 0.3) is 0 Å². The standard InChI is InChI=1S/C13H17Cl2N5O/c1-3-4-9(2)20-10(5-6-17-20)18-11(21)7-19-8-16-12(14)13(19)15/h5-6,8-9H,3-4,7H2,1-2H3,(H,18,21). The molecule has 0 fully saturated rings. The lowest BCUT2D eigenvalue weighted by atomic mass is 10.2. The molecule has 2 aromatic heterocycles. The van der Waals surface area contributed by atoms with Crippen LogP contribution < -0.4 is 5.32 Å². The van der Waals surface area contributed by atoms with Crippen molar-refractivity contribution < 1.29 is 4.79 Å². The van der Waals surface area contributed by atoms with E-state index in [4.69, 9.17) is 23.2 Å². The van der Waals surface area contributed by atoms with Gasteiger partial charge in [0.2, 0.25) is 5.91 Å². The van der Waals surface area contributed by atoms with E-state index in [0.717, 1.165) is 12.8 Å². The molecule has 8 heteroatoms. The zero-order valence-corrected chi connectivity index (χ0v) is 13.4. The third kappa shape index (κ3) is 3.77. The molecule has 0 spiro atoms. The summed E-state index contributed by atoms with van der Waals surface area (Å²) < 4.78 is 3.29. The summed E-state index contributed by atoms with van der Waals surface area (Å²) in [4.78, 5) is 15.9. The van der Waals surface area contributed by atoms with Crippen LogP contribution in [0.2, 0.25) is 10.3 Å². The molecule has 0 bridgehead atoms. The average Bonchev–Trinajstić information content (AvgIpc) is 3.01. The van der Waals surface area contributed by atoms with Crippen LogP contribution in [0, 0.1) is 0 Å². The zero-order valence-electron chi connectivity index (χ0n) is 11.9. The molecular weight excluding hydrogens is 313 g/mol. The lowest BCUT2D eigenvalue weighted by molar-refractivity contribution is -0.116. The van der Waals surface area contributed by atoms with Gasteiger partial charge in [0.1, 0.15) is 17.5 Å². The Morgan fingerprint density at radius 1 is 1.48 bits per heavy atom. The summed E-state index contributed by atoms with van der Waals surface area (Å²) in [6.45, 7) is 4.23. The van der Waals surface area contributed by atoms with E-state index in [2.05, 4.69) is 29.2 Å². The quantitative estimate of drug-likeness (QED) is 0.883. The Morgan fingerprint density at radius 3 is 2.86 bits per heavy atom. The molecule has 0 aliphatic heterocycles. The highest BCUT2D eigenvalue weighted by molar-refractivity contribution is 6.40. The maximum absolute atomic E-state index is 12.1. The van der Waals surface area contributed by atoms with Gasteiger partial charge in [-0.2, -0.15) is 5.10 Å². The topological polar surface area (TPSA) is 64.7 Å². The number of halogens is 2. The van der Waals surface area contributed by atoms with Crippen LogP contribution in [0.1, 0.15) is 32.7 Å². The Labute approximate surface area is 133 Å². The molecule has 2 rings (SSSR count). The number of nitrogens with zero attached hydrogens (tertiary/aromatic N) is 4. The molecule has 0 aliphatic rings. The Morgan fingerprint density at radius 2 is 2.24 bits per heavy atom. The molecular formula is C13H17Cl2N5O. The number of nitrogens with one attached hydrogen (secondary N) is 1. The molecule has 1 unspecified atom stereocenters. The minimum absolute atomic E-state index is 0.0475. The van der Waals surface area contributed by atoms with Crippen LogP contribution in [0.3, 0.4) is 0 Å². The first-order chi connectivity index (χ1) is 10.0. The van der Waals surface area contributed by atoms with E-state index in [1.807, 2.05) is 4.68 Å². The van der Waals surface area contributed by atoms with Gasteiger partial charge in [-0.05, 0) is 13.3 Å². The van der Waals surface area contributed by atoms with Crippen molar-refractivity contribution in [1.82, 2.24) is 19.3 Å². The SMILES string of the molecule is CCCC(C)n1nccc1NC(=O)Cn1cnc(Cl)c1Cl. The van der Waals surface area contributed by atoms with Crippen molar-refractivity contribution in [3.63, 3.8) is 0 Å². The van der Waals surface area contributed by atoms with E-state index in [0.29, 0.717) is 5.82 Å². The number of hydrogen-bond acceptors (Lipinski definition) is 3. The Bertz CT molecular complexity index is 622. The van der Waals surface area contributed by atoms with Gasteiger partial charge in [0, 0.05) is 6.07 Å². The summed E-state index contributed by atoms with van der Waals surface area (Å²) in [7, 11) is 0. The lowest BCUT2D eigenvalue weighted by Crippen LogP contribution is -2.21. The highest BCUT2D eigenvalue weighted by Gasteiger charge is 2.14. The minimum atomic E-state index is -0.212. The molecule has 2 heterocycles. The predicted octanol–water partition coefficient (Wildman–Crippen LogP) is 3.39. The van der Waals surface area contributed by atoms with Crippen LogP contribution in [-0.4, -0.2) is 25.2 Å². The first-order valence-corrected chi connectivity index (χ1v) is 7.48. The molecule has 21 heavy (non-hydrogen) atoms. The van der Waals surface area contributed by atoms with Crippen molar-refractivity contribution in [2.75, 3.05) is 5.32 Å². The van der Waals surface area contributed by atoms with Crippen LogP contribution in [-0.2, 0) is 11.3 Å². The van der Waals surface area contributed by atoms with Gasteiger partial charge in [-0.1, -0.05) is 36.5 Å². The summed E-state index contributed by atoms with van der Waals surface area (Å²) in [6, 6.07) is 2.00. The maximum Gasteiger partial charge on any atom is 0.245 e. The van der Waals surface area contributed by atoms with Crippen LogP contribution in [0.15, 0.2) is 18.6 Å². The van der Waals surface area contributed by atoms with E-state index in [1.54, 1.807) is 12.3 Å². The third-order valence-corrected chi connectivity index (χ3v) is 3.88. The highest BCUT2D eigenvalue weighted by Crippen LogP contribution is 2.20. The molecule has 0 saturated heterocycles. The first kappa shape index (κ1) is 15.9. The predicted molar refractivity (Wildman–Crippen MR) is 82.7 cm³/mol. The Balaban J connectivity index is 2.03. The van der Waals surface area contributed by atoms with Crippen molar-refractivity contribution in [3.05, 3.63) is 28.9 Å². The second kappa shape index (κ2) is 6.95. The average molecular weight is 330 g/mol. The van der Waals surface area contributed by atoms with Gasteiger partial charge in [-0.3, -0.25) is 4.79 Å². The van der Waals surface area contributed by atoms with Gasteiger partial charge in [-0.25, -0.2) is 9.67 Å². The van der Waals surface area contributed by atoms with Crippen molar-refractivity contribution in [1.29, 1.82) is 0 Å². The molecule has 0 saturated carbocycles. The van der Waals surface area contributed by atoms with Gasteiger partial charge >= 0.3 is 0 Å². The smallest absolute Gasteiger partial charge is 0.245 e. The van der Waals surface area contributed by atoms with Crippen molar-refractivity contribution in [2.24, 2.45) is 0 Å². The second-order valence-electron chi connectivity index (χ2n) is 4.80. The number of carbonyl (C=O) groups is 1. The molecule has 0 aliphatic carbocycles. The summed E-state index contributed by atoms with van der Waals surface area (Å²) >= 11 is 11.7. The zero-order chi connectivity index (χ0) is 15.4. The van der Waals surface area contributed by atoms with Crippen molar-refractivity contribution >= 4 is 34.9 Å². The van der Waals surface area contributed by atoms with E-state index in [9.17, 15) is 4.79 Å². The molecule has 1 amide bonds. The second-order valence-corrected chi connectivity index (χ2v) is 5.52. The third-order valence-electron chi connectivity index (χ3n) is 3.11. The monoisotopic (exact) mass is 329 g/mol. The molecule has 0 aromatic carbocycles. The fourth-order valence-corrected chi connectivity index (χ4v) is 2.40. The molecule has 114 valence electrons. The number of aromatic nitrogens is 4. The van der Waals surface area contributed by atoms with Gasteiger partial charge < -0.3 is 9.88 Å². The summed E-state index contributed by atoms with van der Waals surface area (Å²) in [5.74, 6) is 0.458. The summed E-state index contributed by atoms with van der Waals surface area (Å²) in [5.41, 5.74) is 0. The van der Waals surface area contributed by atoms with Gasteiger partial charge in [-0.15, -0.1) is 0 Å². The molecule has 0 radical (unpaired) electrons. The van der Waals surface area contributed by atoms with Crippen molar-refractivity contribution in [3.8, 4) is 0 Å². The van der Waals surface area contributed by atoms with Crippen LogP contribution >= 0.6 is 23.2 Å². The van der Waals surface area contributed by atoms with Crippen molar-refractivity contribution in [2.45, 2.75) is 39.3 Å². The first-order valence-electron chi connectivity index (χ1n) is 6.72. The molecule has 2 aromatic rings. The van der Waals surface area contributed by atoms with E-state index < -0.39 is 0 Å². The van der Waals surface area contributed by atoms with Gasteiger partial charge in [0.15, 0.2) is 5.15 Å². The number of imidazole rings is 1. The van der Waals surface area contributed by atoms with E-state index >= 15 is 0 Å². The summed E-state index contributed by atoms with van der Waals surface area (Å²) in [5, 5.41) is 7.51. The molecule has 1 atom stereocenters. The molecule has 1 N–H and O–H groups in total. The Hall–Kier alpha value is -1.53. The number of amides is 1. The molecule has 6 nitrogen and oxygen atoms in total. The summed E-state index contributed by atoms with van der Waals surface area (Å²) in [6.07, 6.45) is 5.15. The van der Waals surface area contributed by atoms with Gasteiger partial charge in [0.25, 0.3) is 0 Å². The largest absolute Gasteiger partial charge is 0.311 e. The normalized spacial score (nSPS) is 12.4. The maximum atomic E-state index is 12.1. The highest BCUT2D eigenvalue weighted by atomic mass is 35.5. The van der Waals surface area contributed by atoms with Crippen LogP contribution in [0.5, 0.6) is 0 Å². The number of anilines is 1. The van der Waals surface area contributed by atoms with Crippen LogP contribution in [0.4, 0.5) is 5.82 Å². The number of carbonyl (C=O) groups excluding carboxylic acids is 1. The van der Waals surface area contributed by atoms with E-state index in [-0.39, 0.29) is 28.8 Å². The lowest BCUT2D eigenvalue weighted by Gasteiger charge is -2.15. The van der Waals surface area contributed by atoms with Gasteiger partial charge in [0.05, 0.1) is 18.6 Å². The van der Waals surface area contributed by atoms with E-state index in [1.165, 1.54) is 10.9 Å².